The van der Waals surface area contributed by atoms with Crippen LogP contribution in [0.4, 0.5) is 0 Å². The van der Waals surface area contributed by atoms with Crippen LogP contribution in [0.3, 0.4) is 0 Å². The van der Waals surface area contributed by atoms with E-state index in [1.807, 2.05) is 26.0 Å². The van der Waals surface area contributed by atoms with E-state index in [2.05, 4.69) is 0 Å². The van der Waals surface area contributed by atoms with Gasteiger partial charge in [-0.3, -0.25) is 0 Å². The Balaban J connectivity index is 2.67. The zero-order chi connectivity index (χ0) is 9.90. The molecule has 1 N–H and O–H groups in total. The molecular formula is C10H15ClOS. The lowest BCUT2D eigenvalue weighted by atomic mass is 9.93. The molecule has 0 bridgehead atoms. The molecule has 0 radical (unpaired) electrons. The van der Waals surface area contributed by atoms with E-state index in [1.165, 1.54) is 0 Å². The Labute approximate surface area is 88.4 Å². The van der Waals surface area contributed by atoms with E-state index in [9.17, 15) is 5.11 Å². The van der Waals surface area contributed by atoms with Crippen molar-refractivity contribution in [1.29, 1.82) is 0 Å². The largest absolute Gasteiger partial charge is 0.390 e. The normalized spacial score (nSPS) is 12.0. The van der Waals surface area contributed by atoms with E-state index in [0.29, 0.717) is 0 Å². The minimum atomic E-state index is -0.547. The first-order valence-electron chi connectivity index (χ1n) is 4.56. The van der Waals surface area contributed by atoms with Gasteiger partial charge in [-0.1, -0.05) is 25.4 Å². The summed E-state index contributed by atoms with van der Waals surface area (Å²) in [5, 5.41) is 10.1. The molecule has 0 saturated heterocycles. The molecule has 0 aliphatic rings. The summed E-state index contributed by atoms with van der Waals surface area (Å²) in [6.07, 6.45) is 2.30. The molecule has 0 unspecified atom stereocenters. The topological polar surface area (TPSA) is 20.2 Å². The first-order chi connectivity index (χ1) is 6.09. The van der Waals surface area contributed by atoms with Crippen LogP contribution < -0.4 is 0 Å². The first kappa shape index (κ1) is 11.0. The smallest absolute Gasteiger partial charge is 0.0931 e. The molecule has 0 atom stereocenters. The Morgan fingerprint density at radius 1 is 1.38 bits per heavy atom. The lowest BCUT2D eigenvalue weighted by Crippen LogP contribution is -2.28. The summed E-state index contributed by atoms with van der Waals surface area (Å²) in [5.74, 6) is 0. The van der Waals surface area contributed by atoms with Gasteiger partial charge in [-0.25, -0.2) is 0 Å². The highest BCUT2D eigenvalue weighted by Gasteiger charge is 2.23. The lowest BCUT2D eigenvalue weighted by molar-refractivity contribution is 0.0334. The van der Waals surface area contributed by atoms with Crippen molar-refractivity contribution in [3.8, 4) is 0 Å². The van der Waals surface area contributed by atoms with E-state index in [0.717, 1.165) is 28.5 Å². The average molecular weight is 219 g/mol. The SMILES string of the molecule is CCC(O)(CC)Cc1ccc(Cl)s1. The molecule has 1 rings (SSSR count). The van der Waals surface area contributed by atoms with Crippen LogP contribution in [0, 0.1) is 0 Å². The van der Waals surface area contributed by atoms with Crippen molar-refractivity contribution in [2.24, 2.45) is 0 Å². The van der Waals surface area contributed by atoms with Gasteiger partial charge in [0.1, 0.15) is 0 Å². The lowest BCUT2D eigenvalue weighted by Gasteiger charge is -2.24. The molecule has 0 fully saturated rings. The first-order valence-corrected chi connectivity index (χ1v) is 5.75. The third-order valence-corrected chi connectivity index (χ3v) is 3.68. The Hall–Kier alpha value is -0.0500. The van der Waals surface area contributed by atoms with E-state index >= 15 is 0 Å². The molecule has 74 valence electrons. The Morgan fingerprint density at radius 2 is 2.00 bits per heavy atom. The Kier molecular flexibility index (Phi) is 3.77. The van der Waals surface area contributed by atoms with Crippen molar-refractivity contribution >= 4 is 22.9 Å². The maximum Gasteiger partial charge on any atom is 0.0931 e. The number of aliphatic hydroxyl groups is 1. The van der Waals surface area contributed by atoms with Crippen molar-refractivity contribution in [2.45, 2.75) is 38.7 Å². The van der Waals surface area contributed by atoms with Crippen molar-refractivity contribution in [1.82, 2.24) is 0 Å². The average Bonchev–Trinajstić information content (AvgIpc) is 2.51. The zero-order valence-corrected chi connectivity index (χ0v) is 9.58. The summed E-state index contributed by atoms with van der Waals surface area (Å²) in [4.78, 5) is 1.16. The molecule has 0 aromatic carbocycles. The van der Waals surface area contributed by atoms with Gasteiger partial charge in [0.05, 0.1) is 9.94 Å². The van der Waals surface area contributed by atoms with Crippen LogP contribution in [0.2, 0.25) is 4.34 Å². The number of hydrogen-bond donors (Lipinski definition) is 1. The van der Waals surface area contributed by atoms with Crippen LogP contribution in [0.5, 0.6) is 0 Å². The molecule has 0 aliphatic heterocycles. The van der Waals surface area contributed by atoms with Gasteiger partial charge >= 0.3 is 0 Å². The molecule has 1 heterocycles. The van der Waals surface area contributed by atoms with Crippen molar-refractivity contribution < 1.29 is 5.11 Å². The monoisotopic (exact) mass is 218 g/mol. The zero-order valence-electron chi connectivity index (χ0n) is 8.01. The summed E-state index contributed by atoms with van der Waals surface area (Å²) in [5.41, 5.74) is -0.547. The van der Waals surface area contributed by atoms with E-state index in [-0.39, 0.29) is 0 Å². The number of thiophene rings is 1. The van der Waals surface area contributed by atoms with Crippen LogP contribution in [0.25, 0.3) is 0 Å². The highest BCUT2D eigenvalue weighted by atomic mass is 35.5. The van der Waals surface area contributed by atoms with Crippen molar-refractivity contribution in [3.05, 3.63) is 21.3 Å². The quantitative estimate of drug-likeness (QED) is 0.820. The van der Waals surface area contributed by atoms with E-state index in [4.69, 9.17) is 11.6 Å². The minimum absolute atomic E-state index is 0.547. The standard InChI is InChI=1S/C10H15ClOS/c1-3-10(12,4-2)7-8-5-6-9(11)13-8/h5-6,12H,3-4,7H2,1-2H3. The second-order valence-corrected chi connectivity index (χ2v) is 5.11. The fourth-order valence-corrected chi connectivity index (χ4v) is 2.49. The second kappa shape index (κ2) is 4.45. The number of halogens is 1. The van der Waals surface area contributed by atoms with Gasteiger partial charge < -0.3 is 5.11 Å². The fraction of sp³-hybridized carbons (Fsp3) is 0.600. The third-order valence-electron chi connectivity index (χ3n) is 2.45. The van der Waals surface area contributed by atoms with Gasteiger partial charge in [-0.15, -0.1) is 11.3 Å². The molecular weight excluding hydrogens is 204 g/mol. The van der Waals surface area contributed by atoms with Crippen LogP contribution in [-0.4, -0.2) is 10.7 Å². The van der Waals surface area contributed by atoms with Crippen molar-refractivity contribution in [2.75, 3.05) is 0 Å². The summed E-state index contributed by atoms with van der Waals surface area (Å²) in [7, 11) is 0. The van der Waals surface area contributed by atoms with Gasteiger partial charge in [-0.05, 0) is 25.0 Å². The minimum Gasteiger partial charge on any atom is -0.390 e. The van der Waals surface area contributed by atoms with Gasteiger partial charge in [0.2, 0.25) is 0 Å². The molecule has 0 spiro atoms. The highest BCUT2D eigenvalue weighted by Crippen LogP contribution is 2.27. The Bertz CT molecular complexity index is 266. The van der Waals surface area contributed by atoms with Crippen LogP contribution in [0.15, 0.2) is 12.1 Å². The molecule has 1 aromatic rings. The summed E-state index contributed by atoms with van der Waals surface area (Å²) in [6, 6.07) is 3.87. The molecule has 1 aromatic heterocycles. The summed E-state index contributed by atoms with van der Waals surface area (Å²) in [6.45, 7) is 4.03. The van der Waals surface area contributed by atoms with Crippen LogP contribution in [0.1, 0.15) is 31.6 Å². The molecule has 0 saturated carbocycles. The number of rotatable bonds is 4. The maximum atomic E-state index is 10.1. The molecule has 13 heavy (non-hydrogen) atoms. The molecule has 1 nitrogen and oxygen atoms in total. The molecule has 0 amide bonds. The fourth-order valence-electron chi connectivity index (χ4n) is 1.27. The van der Waals surface area contributed by atoms with Crippen LogP contribution >= 0.6 is 22.9 Å². The third kappa shape index (κ3) is 2.97. The van der Waals surface area contributed by atoms with Crippen molar-refractivity contribution in [3.63, 3.8) is 0 Å². The van der Waals surface area contributed by atoms with Gasteiger partial charge in [0, 0.05) is 11.3 Å². The predicted molar refractivity (Wildman–Crippen MR) is 58.6 cm³/mol. The van der Waals surface area contributed by atoms with Crippen LogP contribution in [-0.2, 0) is 6.42 Å². The summed E-state index contributed by atoms with van der Waals surface area (Å²) < 4.78 is 0.796. The molecule has 0 aliphatic carbocycles. The van der Waals surface area contributed by atoms with Gasteiger partial charge in [0.25, 0.3) is 0 Å². The highest BCUT2D eigenvalue weighted by molar-refractivity contribution is 7.16. The molecule has 3 heteroatoms. The Morgan fingerprint density at radius 3 is 2.38 bits per heavy atom. The second-order valence-electron chi connectivity index (χ2n) is 3.31. The van der Waals surface area contributed by atoms with E-state index < -0.39 is 5.60 Å². The number of hydrogen-bond acceptors (Lipinski definition) is 2. The maximum absolute atomic E-state index is 10.1. The predicted octanol–water partition coefficient (Wildman–Crippen LogP) is 3.50. The van der Waals surface area contributed by atoms with Gasteiger partial charge in [0.15, 0.2) is 0 Å². The van der Waals surface area contributed by atoms with E-state index in [1.54, 1.807) is 11.3 Å². The van der Waals surface area contributed by atoms with Gasteiger partial charge in [-0.2, -0.15) is 0 Å². The summed E-state index contributed by atoms with van der Waals surface area (Å²) >= 11 is 7.36.